The van der Waals surface area contributed by atoms with Crippen LogP contribution in [0.1, 0.15) is 101 Å². The lowest BCUT2D eigenvalue weighted by Gasteiger charge is -2.17. The van der Waals surface area contributed by atoms with Gasteiger partial charge in [-0.05, 0) is 115 Å². The fourth-order valence-electron chi connectivity index (χ4n) is 7.78. The normalized spacial score (nSPS) is 11.7. The van der Waals surface area contributed by atoms with E-state index in [0.717, 1.165) is 78.3 Å². The summed E-state index contributed by atoms with van der Waals surface area (Å²) in [4.78, 5) is 4.87. The van der Waals surface area contributed by atoms with Crippen LogP contribution in [0, 0.1) is 0 Å². The Kier molecular flexibility index (Phi) is 10.3. The molecule has 0 saturated carbocycles. The highest BCUT2D eigenvalue weighted by molar-refractivity contribution is 6.09. The van der Waals surface area contributed by atoms with Gasteiger partial charge in [0.15, 0.2) is 0 Å². The lowest BCUT2D eigenvalue weighted by molar-refractivity contribution is 0.481. The molecule has 0 amide bonds. The van der Waals surface area contributed by atoms with Crippen LogP contribution in [0.2, 0.25) is 0 Å². The number of rotatable bonds is 13. The van der Waals surface area contributed by atoms with Crippen molar-refractivity contribution in [2.24, 2.45) is 0 Å². The molecule has 7 aromatic rings. The molecule has 0 aliphatic carbocycles. The minimum Gasteiger partial charge on any atom is -0.457 e. The molecule has 0 aliphatic heterocycles. The summed E-state index contributed by atoms with van der Waals surface area (Å²) in [5.41, 5.74) is 13.6. The SMILES string of the molecule is CCCCc1ccnc(-n2c3ccccc3c3ccc(Oc4cc(C(C)C)cc(-n5nc(CC)c(-c6c(CC)cccc6CC)c5CC)c4)cc32)c1. The third-order valence-electron chi connectivity index (χ3n) is 10.5. The molecular weight excluding hydrogens is 637 g/mol. The summed E-state index contributed by atoms with van der Waals surface area (Å²) >= 11 is 0. The molecule has 3 aromatic heterocycles. The number of ether oxygens (including phenoxy) is 1. The molecule has 0 bridgehead atoms. The second kappa shape index (κ2) is 15.2. The maximum atomic E-state index is 6.82. The van der Waals surface area contributed by atoms with E-state index in [0.29, 0.717) is 5.92 Å². The predicted octanol–water partition coefficient (Wildman–Crippen LogP) is 12.5. The first-order valence-corrected chi connectivity index (χ1v) is 19.4. The molecule has 0 radical (unpaired) electrons. The standard InChI is InChI=1S/C47H52N4O/c1-8-13-17-32-24-25-48-45(26-32)50-43-21-15-14-20-39(43)40-23-22-37(30-44(40)50)52-38-28-35(31(6)7)27-36(29-38)51-42(12-5)47(41(11-4)49-51)46-33(9-2)18-16-19-34(46)10-3/h14-16,18-31H,8-13,17H2,1-7H3. The average Bonchev–Trinajstić information content (AvgIpc) is 3.71. The highest BCUT2D eigenvalue weighted by Crippen LogP contribution is 2.39. The van der Waals surface area contributed by atoms with Crippen LogP contribution >= 0.6 is 0 Å². The summed E-state index contributed by atoms with van der Waals surface area (Å²) in [6, 6.07) is 32.8. The Morgan fingerprint density at radius 1 is 0.673 bits per heavy atom. The van der Waals surface area contributed by atoms with Crippen molar-refractivity contribution in [3.63, 3.8) is 0 Å². The van der Waals surface area contributed by atoms with Crippen molar-refractivity contribution in [1.29, 1.82) is 0 Å². The van der Waals surface area contributed by atoms with Gasteiger partial charge in [0, 0.05) is 34.7 Å². The highest BCUT2D eigenvalue weighted by Gasteiger charge is 2.23. The van der Waals surface area contributed by atoms with Gasteiger partial charge in [-0.3, -0.25) is 4.57 Å². The molecule has 0 atom stereocenters. The van der Waals surface area contributed by atoms with E-state index < -0.39 is 0 Å². The Hall–Kier alpha value is -5.16. The van der Waals surface area contributed by atoms with Crippen molar-refractivity contribution in [3.05, 3.63) is 131 Å². The Morgan fingerprint density at radius 3 is 2.15 bits per heavy atom. The smallest absolute Gasteiger partial charge is 0.137 e. The van der Waals surface area contributed by atoms with Gasteiger partial charge in [-0.2, -0.15) is 5.10 Å². The summed E-state index contributed by atoms with van der Waals surface area (Å²) in [5.74, 6) is 2.85. The van der Waals surface area contributed by atoms with E-state index in [-0.39, 0.29) is 0 Å². The van der Waals surface area contributed by atoms with Gasteiger partial charge in [0.2, 0.25) is 0 Å². The van der Waals surface area contributed by atoms with Gasteiger partial charge in [-0.1, -0.05) is 91.3 Å². The molecular formula is C47H52N4O. The third kappa shape index (κ3) is 6.53. The van der Waals surface area contributed by atoms with Gasteiger partial charge in [-0.15, -0.1) is 0 Å². The first kappa shape index (κ1) is 35.3. The minimum atomic E-state index is 0.316. The van der Waals surface area contributed by atoms with Crippen molar-refractivity contribution in [2.75, 3.05) is 0 Å². The molecule has 0 N–H and O–H groups in total. The molecule has 5 heteroatoms. The van der Waals surface area contributed by atoms with E-state index in [2.05, 4.69) is 149 Å². The number of nitrogens with zero attached hydrogens (tertiary/aromatic N) is 4. The molecule has 4 aromatic carbocycles. The van der Waals surface area contributed by atoms with Crippen molar-refractivity contribution >= 4 is 21.8 Å². The number of para-hydroxylation sites is 1. The monoisotopic (exact) mass is 688 g/mol. The van der Waals surface area contributed by atoms with E-state index in [4.69, 9.17) is 14.8 Å². The lowest BCUT2D eigenvalue weighted by Crippen LogP contribution is -2.05. The van der Waals surface area contributed by atoms with Crippen LogP contribution in [-0.2, 0) is 32.1 Å². The number of benzene rings is 4. The van der Waals surface area contributed by atoms with Crippen molar-refractivity contribution in [2.45, 2.75) is 99.3 Å². The number of aromatic nitrogens is 4. The van der Waals surface area contributed by atoms with Crippen molar-refractivity contribution in [1.82, 2.24) is 19.3 Å². The highest BCUT2D eigenvalue weighted by atomic mass is 16.5. The lowest BCUT2D eigenvalue weighted by atomic mass is 9.89. The summed E-state index contributed by atoms with van der Waals surface area (Å²) in [6.07, 6.45) is 9.05. The first-order valence-electron chi connectivity index (χ1n) is 19.4. The molecule has 7 rings (SSSR count). The Morgan fingerprint density at radius 2 is 1.44 bits per heavy atom. The fraction of sp³-hybridized carbons (Fsp3) is 0.319. The van der Waals surface area contributed by atoms with Gasteiger partial charge in [0.25, 0.3) is 0 Å². The molecule has 0 aliphatic rings. The van der Waals surface area contributed by atoms with Gasteiger partial charge in [-0.25, -0.2) is 9.67 Å². The third-order valence-corrected chi connectivity index (χ3v) is 10.5. The minimum absolute atomic E-state index is 0.316. The van der Waals surface area contributed by atoms with Crippen LogP contribution < -0.4 is 4.74 Å². The van der Waals surface area contributed by atoms with E-state index in [1.807, 2.05) is 6.20 Å². The Balaban J connectivity index is 1.35. The molecule has 5 nitrogen and oxygen atoms in total. The van der Waals surface area contributed by atoms with Gasteiger partial charge < -0.3 is 4.74 Å². The van der Waals surface area contributed by atoms with Crippen LogP contribution in [0.3, 0.4) is 0 Å². The van der Waals surface area contributed by atoms with Crippen molar-refractivity contribution < 1.29 is 4.74 Å². The average molecular weight is 689 g/mol. The number of fused-ring (bicyclic) bond motifs is 3. The second-order valence-electron chi connectivity index (χ2n) is 14.2. The zero-order valence-electron chi connectivity index (χ0n) is 32.0. The van der Waals surface area contributed by atoms with Gasteiger partial charge >= 0.3 is 0 Å². The number of hydrogen-bond donors (Lipinski definition) is 0. The summed E-state index contributed by atoms with van der Waals surface area (Å²) in [7, 11) is 0. The molecule has 0 spiro atoms. The quantitative estimate of drug-likeness (QED) is 0.121. The predicted molar refractivity (Wildman–Crippen MR) is 218 cm³/mol. The molecule has 52 heavy (non-hydrogen) atoms. The van der Waals surface area contributed by atoms with Crippen LogP contribution in [-0.4, -0.2) is 19.3 Å². The van der Waals surface area contributed by atoms with Crippen LogP contribution in [0.25, 0.3) is 44.4 Å². The number of hydrogen-bond acceptors (Lipinski definition) is 3. The molecule has 0 unspecified atom stereocenters. The Labute approximate surface area is 309 Å². The van der Waals surface area contributed by atoms with Crippen LogP contribution in [0.5, 0.6) is 11.5 Å². The van der Waals surface area contributed by atoms with E-state index in [1.165, 1.54) is 56.3 Å². The molecule has 0 saturated heterocycles. The number of unbranched alkanes of at least 4 members (excludes halogenated alkanes) is 1. The maximum Gasteiger partial charge on any atom is 0.137 e. The summed E-state index contributed by atoms with van der Waals surface area (Å²) < 4.78 is 11.3. The topological polar surface area (TPSA) is 44.9 Å². The zero-order valence-corrected chi connectivity index (χ0v) is 32.0. The molecule has 3 heterocycles. The summed E-state index contributed by atoms with van der Waals surface area (Å²) in [6.45, 7) is 15.7. The summed E-state index contributed by atoms with van der Waals surface area (Å²) in [5, 5.41) is 7.72. The van der Waals surface area contributed by atoms with E-state index in [9.17, 15) is 0 Å². The van der Waals surface area contributed by atoms with Crippen LogP contribution in [0.15, 0.2) is 97.2 Å². The van der Waals surface area contributed by atoms with Gasteiger partial charge in [0.05, 0.1) is 28.1 Å². The first-order chi connectivity index (χ1) is 25.4. The van der Waals surface area contributed by atoms with Crippen molar-refractivity contribution in [3.8, 4) is 34.1 Å². The number of aryl methyl sites for hydroxylation is 4. The second-order valence-corrected chi connectivity index (χ2v) is 14.2. The fourth-order valence-corrected chi connectivity index (χ4v) is 7.78. The number of pyridine rings is 1. The van der Waals surface area contributed by atoms with E-state index in [1.54, 1.807) is 0 Å². The molecule has 0 fully saturated rings. The largest absolute Gasteiger partial charge is 0.457 e. The van der Waals surface area contributed by atoms with Crippen LogP contribution in [0.4, 0.5) is 0 Å². The maximum absolute atomic E-state index is 6.82. The molecule has 266 valence electrons. The Bertz CT molecular complexity index is 2340. The zero-order chi connectivity index (χ0) is 36.4. The van der Waals surface area contributed by atoms with Gasteiger partial charge in [0.1, 0.15) is 17.3 Å². The van der Waals surface area contributed by atoms with E-state index >= 15 is 0 Å².